The highest BCUT2D eigenvalue weighted by atomic mass is 16.6. The molecule has 10 nitrogen and oxygen atoms in total. The molecule has 6 N–H and O–H groups in total. The Kier molecular flexibility index (Phi) is 2.78. The van der Waals surface area contributed by atoms with Crippen molar-refractivity contribution >= 4 is 17.0 Å². The normalized spacial score (nSPS) is 31.1. The molecule has 0 aromatic carbocycles. The first-order chi connectivity index (χ1) is 9.11. The molecule has 0 aliphatic carbocycles. The van der Waals surface area contributed by atoms with Gasteiger partial charge >= 0.3 is 5.65 Å². The highest BCUT2D eigenvalue weighted by molar-refractivity contribution is 5.77. The van der Waals surface area contributed by atoms with Crippen LogP contribution >= 0.6 is 0 Å². The number of hydrogen-bond acceptors (Lipinski definition) is 8. The molecule has 0 amide bonds. The van der Waals surface area contributed by atoms with Gasteiger partial charge in [0.05, 0.1) is 6.61 Å². The van der Waals surface area contributed by atoms with Gasteiger partial charge in [-0.25, -0.2) is 4.98 Å². The first kappa shape index (κ1) is 12.2. The number of nitrogens with zero attached hydrogens (tertiary/aromatic N) is 4. The number of H-pyrrole nitrogens is 1. The molecule has 2 aromatic rings. The summed E-state index contributed by atoms with van der Waals surface area (Å²) in [6, 6.07) is 0. The number of hydrogen-bond donors (Lipinski definition) is 4. The molecule has 102 valence electrons. The average Bonchev–Trinajstić information content (AvgIpc) is 2.94. The van der Waals surface area contributed by atoms with Gasteiger partial charge in [0.25, 0.3) is 0 Å². The lowest BCUT2D eigenvalue weighted by atomic mass is 10.1. The van der Waals surface area contributed by atoms with Crippen LogP contribution in [-0.2, 0) is 4.74 Å². The van der Waals surface area contributed by atoms with Gasteiger partial charge in [-0.1, -0.05) is 9.78 Å². The van der Waals surface area contributed by atoms with Gasteiger partial charge in [0.2, 0.25) is 23.9 Å². The second-order valence-electron chi connectivity index (χ2n) is 4.23. The first-order valence-corrected chi connectivity index (χ1v) is 5.63. The zero-order chi connectivity index (χ0) is 13.6. The molecule has 3 rings (SSSR count). The average molecular weight is 269 g/mol. The molecule has 1 fully saturated rings. The Morgan fingerprint density at radius 3 is 2.79 bits per heavy atom. The second-order valence-corrected chi connectivity index (χ2v) is 4.23. The molecule has 4 atom stereocenters. The maximum Gasteiger partial charge on any atom is 0.318 e. The highest BCUT2D eigenvalue weighted by Gasteiger charge is 2.45. The number of ether oxygens (including phenoxy) is 1. The molecule has 0 radical (unpaired) electrons. The van der Waals surface area contributed by atoms with Crippen LogP contribution < -0.4 is 10.7 Å². The predicted octanol–water partition coefficient (Wildman–Crippen LogP) is -3.17. The third kappa shape index (κ3) is 1.81. The summed E-state index contributed by atoms with van der Waals surface area (Å²) in [5.41, 5.74) is 6.36. The number of aromatic amines is 1. The summed E-state index contributed by atoms with van der Waals surface area (Å²) >= 11 is 0. The number of aliphatic hydroxyl groups excluding tert-OH is 3. The minimum atomic E-state index is -1.24. The molecule has 0 bridgehead atoms. The van der Waals surface area contributed by atoms with Gasteiger partial charge < -0.3 is 25.8 Å². The van der Waals surface area contributed by atoms with Crippen molar-refractivity contribution in [2.24, 2.45) is 0 Å². The van der Waals surface area contributed by atoms with Crippen LogP contribution in [0.3, 0.4) is 0 Å². The molecule has 4 unspecified atom stereocenters. The SMILES string of the molecule is Nc1nc[nH+]c2nn(C3OC(CO)C(O)C3O)nc12. The molecule has 19 heavy (non-hydrogen) atoms. The van der Waals surface area contributed by atoms with Crippen molar-refractivity contribution in [2.75, 3.05) is 12.3 Å². The summed E-state index contributed by atoms with van der Waals surface area (Å²) in [4.78, 5) is 7.68. The zero-order valence-electron chi connectivity index (χ0n) is 9.71. The van der Waals surface area contributed by atoms with E-state index in [0.717, 1.165) is 4.80 Å². The van der Waals surface area contributed by atoms with Gasteiger partial charge in [-0.15, -0.1) is 5.10 Å². The fourth-order valence-electron chi connectivity index (χ4n) is 2.00. The molecular formula is C9H13N6O4+. The third-order valence-corrected chi connectivity index (χ3v) is 3.02. The molecule has 1 aliphatic heterocycles. The molecule has 0 saturated carbocycles. The standard InChI is InChI=1S/C9H12N6O4/c10-7-4-8(12-2-11-7)14-15(13-4)9-6(18)5(17)3(1-16)19-9/h2-3,5-6,9,16-18H,1H2,(H2,10,11,12,14)/p+1. The van der Waals surface area contributed by atoms with Crippen LogP contribution in [-0.4, -0.2) is 60.2 Å². The lowest BCUT2D eigenvalue weighted by molar-refractivity contribution is -0.352. The van der Waals surface area contributed by atoms with E-state index in [1.807, 2.05) is 0 Å². The topological polar surface area (TPSA) is 154 Å². The van der Waals surface area contributed by atoms with Crippen LogP contribution in [0.1, 0.15) is 6.23 Å². The lowest BCUT2D eigenvalue weighted by Crippen LogP contribution is -2.33. The van der Waals surface area contributed by atoms with Crippen molar-refractivity contribution in [3.05, 3.63) is 6.33 Å². The first-order valence-electron chi connectivity index (χ1n) is 5.63. The molecular weight excluding hydrogens is 256 g/mol. The van der Waals surface area contributed by atoms with E-state index >= 15 is 0 Å². The van der Waals surface area contributed by atoms with E-state index in [1.54, 1.807) is 0 Å². The summed E-state index contributed by atoms with van der Waals surface area (Å²) in [7, 11) is 0. The van der Waals surface area contributed by atoms with Crippen LogP contribution in [0.4, 0.5) is 5.82 Å². The minimum absolute atomic E-state index is 0.187. The number of aliphatic hydroxyl groups is 3. The fraction of sp³-hybridized carbons (Fsp3) is 0.556. The molecule has 1 aliphatic rings. The van der Waals surface area contributed by atoms with Gasteiger partial charge in [-0.2, -0.15) is 0 Å². The molecule has 1 saturated heterocycles. The summed E-state index contributed by atoms with van der Waals surface area (Å²) in [5.74, 6) is 0.187. The van der Waals surface area contributed by atoms with Crippen LogP contribution in [0.25, 0.3) is 11.2 Å². The monoisotopic (exact) mass is 269 g/mol. The lowest BCUT2D eigenvalue weighted by Gasteiger charge is -2.10. The van der Waals surface area contributed by atoms with Crippen LogP contribution in [0.15, 0.2) is 6.33 Å². The Bertz CT molecular complexity index is 603. The van der Waals surface area contributed by atoms with Crippen LogP contribution in [0.2, 0.25) is 0 Å². The van der Waals surface area contributed by atoms with Crippen molar-refractivity contribution in [1.82, 2.24) is 20.0 Å². The van der Waals surface area contributed by atoms with Crippen LogP contribution in [0, 0.1) is 0 Å². The van der Waals surface area contributed by atoms with Gasteiger partial charge in [-0.05, 0) is 0 Å². The second kappa shape index (κ2) is 4.35. The summed E-state index contributed by atoms with van der Waals surface area (Å²) in [6.07, 6.45) is -2.95. The maximum atomic E-state index is 9.86. The number of fused-ring (bicyclic) bond motifs is 1. The Morgan fingerprint density at radius 1 is 1.37 bits per heavy atom. The van der Waals surface area contributed by atoms with Crippen molar-refractivity contribution < 1.29 is 25.0 Å². The minimum Gasteiger partial charge on any atom is -0.394 e. The third-order valence-electron chi connectivity index (χ3n) is 3.02. The maximum absolute atomic E-state index is 9.86. The number of anilines is 1. The van der Waals surface area contributed by atoms with Crippen molar-refractivity contribution in [1.29, 1.82) is 0 Å². The summed E-state index contributed by atoms with van der Waals surface area (Å²) < 4.78 is 5.30. The zero-order valence-corrected chi connectivity index (χ0v) is 9.71. The van der Waals surface area contributed by atoms with E-state index in [-0.39, 0.29) is 5.82 Å². The van der Waals surface area contributed by atoms with E-state index in [9.17, 15) is 10.2 Å². The number of rotatable bonds is 2. The number of aromatic nitrogens is 5. The quantitative estimate of drug-likeness (QED) is 0.445. The van der Waals surface area contributed by atoms with Crippen molar-refractivity contribution in [2.45, 2.75) is 24.5 Å². The van der Waals surface area contributed by atoms with E-state index < -0.39 is 31.1 Å². The summed E-state index contributed by atoms with van der Waals surface area (Å²) in [5, 5.41) is 36.7. The van der Waals surface area contributed by atoms with Gasteiger partial charge in [0, 0.05) is 5.10 Å². The summed E-state index contributed by atoms with van der Waals surface area (Å²) in [6.45, 7) is -0.411. The largest absolute Gasteiger partial charge is 0.394 e. The Hall–Kier alpha value is -1.88. The Balaban J connectivity index is 1.99. The predicted molar refractivity (Wildman–Crippen MR) is 59.3 cm³/mol. The van der Waals surface area contributed by atoms with Crippen LogP contribution in [0.5, 0.6) is 0 Å². The fourth-order valence-corrected chi connectivity index (χ4v) is 2.00. The van der Waals surface area contributed by atoms with Crippen molar-refractivity contribution in [3.8, 4) is 0 Å². The molecule has 10 heteroatoms. The highest BCUT2D eigenvalue weighted by Crippen LogP contribution is 2.28. The van der Waals surface area contributed by atoms with E-state index in [2.05, 4.69) is 20.2 Å². The molecule has 3 heterocycles. The van der Waals surface area contributed by atoms with Crippen molar-refractivity contribution in [3.63, 3.8) is 0 Å². The van der Waals surface area contributed by atoms with Gasteiger partial charge in [0.15, 0.2) is 0 Å². The number of nitrogens with two attached hydrogens (primary N) is 1. The number of nitrogens with one attached hydrogen (secondary N) is 1. The Morgan fingerprint density at radius 2 is 2.16 bits per heavy atom. The molecule has 0 spiro atoms. The smallest absolute Gasteiger partial charge is 0.318 e. The van der Waals surface area contributed by atoms with Gasteiger partial charge in [-0.3, -0.25) is 0 Å². The molecule has 2 aromatic heterocycles. The van der Waals surface area contributed by atoms with E-state index in [4.69, 9.17) is 15.6 Å². The van der Waals surface area contributed by atoms with E-state index in [0.29, 0.717) is 11.2 Å². The van der Waals surface area contributed by atoms with Gasteiger partial charge in [0.1, 0.15) is 18.3 Å². The number of nitrogen functional groups attached to an aromatic ring is 1. The van der Waals surface area contributed by atoms with E-state index in [1.165, 1.54) is 6.33 Å². The Labute approximate surface area is 106 Å².